The van der Waals surface area contributed by atoms with Crippen molar-refractivity contribution >= 4 is 17.4 Å². The Morgan fingerprint density at radius 1 is 1.06 bits per heavy atom. The molecule has 3 rings (SSSR count). The van der Waals surface area contributed by atoms with Gasteiger partial charge in [-0.05, 0) is 63.2 Å². The summed E-state index contributed by atoms with van der Waals surface area (Å²) in [5.74, 6) is -1.31. The van der Waals surface area contributed by atoms with Crippen LogP contribution in [0.1, 0.15) is 49.1 Å². The molecule has 2 aromatic rings. The van der Waals surface area contributed by atoms with Gasteiger partial charge in [-0.25, -0.2) is 0 Å². The average molecular weight is 467 g/mol. The monoisotopic (exact) mass is 466 g/mol. The van der Waals surface area contributed by atoms with E-state index in [1.165, 1.54) is 11.0 Å². The van der Waals surface area contributed by atoms with Crippen molar-refractivity contribution in [2.24, 2.45) is 0 Å². The van der Waals surface area contributed by atoms with E-state index in [1.54, 1.807) is 12.1 Å². The van der Waals surface area contributed by atoms with E-state index in [0.717, 1.165) is 24.2 Å². The molecule has 34 heavy (non-hydrogen) atoms. The molecule has 7 nitrogen and oxygen atoms in total. The van der Waals surface area contributed by atoms with Crippen molar-refractivity contribution in [3.63, 3.8) is 0 Å². The van der Waals surface area contributed by atoms with E-state index >= 15 is 0 Å². The number of aryl methyl sites for hydroxylation is 2. The first-order valence-electron chi connectivity index (χ1n) is 11.8. The van der Waals surface area contributed by atoms with E-state index in [9.17, 15) is 19.8 Å². The molecule has 1 amide bonds. The Hall–Kier alpha value is -3.32. The largest absolute Gasteiger partial charge is 0.507 e. The predicted molar refractivity (Wildman–Crippen MR) is 132 cm³/mol. The SMILES string of the molecule is CCOc1cc(C2C(=C(O)c3cc(C)ccc3C)C(=O)C(=O)N2CCN(CC)CC)ccc1O. The van der Waals surface area contributed by atoms with Gasteiger partial charge in [-0.2, -0.15) is 0 Å². The standard InChI is InChI=1S/C27H34N2O5/c1-6-28(7-2)13-14-29-24(19-11-12-21(30)22(16-19)34-8-3)23(26(32)27(29)33)25(31)20-15-17(4)9-10-18(20)5/h9-12,15-16,24,30-31H,6-8,13-14H2,1-5H3. The molecule has 1 atom stereocenters. The molecule has 182 valence electrons. The Morgan fingerprint density at radius 2 is 1.76 bits per heavy atom. The topological polar surface area (TPSA) is 90.3 Å². The number of carbonyl (C=O) groups is 2. The lowest BCUT2D eigenvalue weighted by atomic mass is 9.93. The predicted octanol–water partition coefficient (Wildman–Crippen LogP) is 4.17. The molecule has 1 aliphatic rings. The highest BCUT2D eigenvalue weighted by molar-refractivity contribution is 6.46. The highest BCUT2D eigenvalue weighted by atomic mass is 16.5. The zero-order valence-corrected chi connectivity index (χ0v) is 20.6. The number of carbonyl (C=O) groups excluding carboxylic acids is 2. The summed E-state index contributed by atoms with van der Waals surface area (Å²) in [4.78, 5) is 30.1. The molecule has 1 fully saturated rings. The highest BCUT2D eigenvalue weighted by Crippen LogP contribution is 2.42. The van der Waals surface area contributed by atoms with E-state index in [2.05, 4.69) is 4.90 Å². The summed E-state index contributed by atoms with van der Waals surface area (Å²) in [6, 6.07) is 9.61. The number of aliphatic hydroxyl groups excluding tert-OH is 1. The van der Waals surface area contributed by atoms with Gasteiger partial charge in [0.1, 0.15) is 5.76 Å². The quantitative estimate of drug-likeness (QED) is 0.328. The molecule has 0 bridgehead atoms. The van der Waals surface area contributed by atoms with E-state index < -0.39 is 17.7 Å². The van der Waals surface area contributed by atoms with E-state index in [0.29, 0.717) is 30.8 Å². The van der Waals surface area contributed by atoms with Crippen LogP contribution in [0.3, 0.4) is 0 Å². The lowest BCUT2D eigenvalue weighted by Crippen LogP contribution is -2.38. The number of phenols is 1. The highest BCUT2D eigenvalue weighted by Gasteiger charge is 2.46. The van der Waals surface area contributed by atoms with Crippen LogP contribution in [0.15, 0.2) is 42.0 Å². The number of likely N-dealkylation sites (N-methyl/N-ethyl adjacent to an activating group) is 1. The molecule has 2 aromatic carbocycles. The fourth-order valence-corrected chi connectivity index (χ4v) is 4.35. The minimum Gasteiger partial charge on any atom is -0.507 e. The lowest BCUT2D eigenvalue weighted by Gasteiger charge is -2.28. The second-order valence-corrected chi connectivity index (χ2v) is 8.50. The van der Waals surface area contributed by atoms with Gasteiger partial charge in [0, 0.05) is 18.7 Å². The number of phenolic OH excluding ortho intramolecular Hbond substituents is 1. The molecule has 0 radical (unpaired) electrons. The number of nitrogens with zero attached hydrogens (tertiary/aromatic N) is 2. The summed E-state index contributed by atoms with van der Waals surface area (Å²) in [6.45, 7) is 12.6. The Labute approximate surface area is 201 Å². The molecular weight excluding hydrogens is 432 g/mol. The van der Waals surface area contributed by atoms with Crippen LogP contribution in [-0.2, 0) is 9.59 Å². The summed E-state index contributed by atoms with van der Waals surface area (Å²) >= 11 is 0. The van der Waals surface area contributed by atoms with Crippen LogP contribution in [0.25, 0.3) is 5.76 Å². The molecule has 2 N–H and O–H groups in total. The third kappa shape index (κ3) is 4.94. The van der Waals surface area contributed by atoms with Gasteiger partial charge in [0.05, 0.1) is 18.2 Å². The van der Waals surface area contributed by atoms with Crippen LogP contribution in [0.4, 0.5) is 0 Å². The third-order valence-corrected chi connectivity index (χ3v) is 6.34. The fraction of sp³-hybridized carbons (Fsp3) is 0.407. The number of benzene rings is 2. The first-order valence-corrected chi connectivity index (χ1v) is 11.8. The molecule has 0 aliphatic carbocycles. The van der Waals surface area contributed by atoms with Crippen molar-refractivity contribution in [1.82, 2.24) is 9.80 Å². The van der Waals surface area contributed by atoms with Crippen LogP contribution in [0.5, 0.6) is 11.5 Å². The van der Waals surface area contributed by atoms with Crippen LogP contribution in [0.2, 0.25) is 0 Å². The summed E-state index contributed by atoms with van der Waals surface area (Å²) in [6.07, 6.45) is 0. The van der Waals surface area contributed by atoms with Crippen molar-refractivity contribution in [2.75, 3.05) is 32.8 Å². The molecule has 7 heteroatoms. The molecule has 1 aliphatic heterocycles. The molecule has 0 spiro atoms. The van der Waals surface area contributed by atoms with Gasteiger partial charge in [0.2, 0.25) is 0 Å². The van der Waals surface area contributed by atoms with Gasteiger partial charge < -0.3 is 24.7 Å². The molecule has 1 heterocycles. The summed E-state index contributed by atoms with van der Waals surface area (Å²) in [7, 11) is 0. The number of aromatic hydroxyl groups is 1. The third-order valence-electron chi connectivity index (χ3n) is 6.34. The number of aliphatic hydroxyl groups is 1. The zero-order chi connectivity index (χ0) is 25.0. The van der Waals surface area contributed by atoms with Crippen LogP contribution >= 0.6 is 0 Å². The molecular formula is C27H34N2O5. The van der Waals surface area contributed by atoms with Crippen molar-refractivity contribution in [2.45, 2.75) is 40.7 Å². The maximum Gasteiger partial charge on any atom is 0.295 e. The average Bonchev–Trinajstić information content (AvgIpc) is 3.07. The van der Waals surface area contributed by atoms with E-state index in [4.69, 9.17) is 4.74 Å². The first kappa shape index (κ1) is 25.3. The van der Waals surface area contributed by atoms with Gasteiger partial charge in [-0.15, -0.1) is 0 Å². The Balaban J connectivity index is 2.18. The van der Waals surface area contributed by atoms with Crippen molar-refractivity contribution in [3.8, 4) is 11.5 Å². The maximum atomic E-state index is 13.3. The van der Waals surface area contributed by atoms with Gasteiger partial charge in [0.15, 0.2) is 11.5 Å². The molecule has 1 saturated heterocycles. The first-order chi connectivity index (χ1) is 16.2. The van der Waals surface area contributed by atoms with Gasteiger partial charge in [-0.3, -0.25) is 9.59 Å². The molecule has 0 aromatic heterocycles. The maximum absolute atomic E-state index is 13.3. The molecule has 0 saturated carbocycles. The Kier molecular flexibility index (Phi) is 7.99. The van der Waals surface area contributed by atoms with E-state index in [-0.39, 0.29) is 22.8 Å². The van der Waals surface area contributed by atoms with Crippen molar-refractivity contribution < 1.29 is 24.5 Å². The number of likely N-dealkylation sites (tertiary alicyclic amines) is 1. The summed E-state index contributed by atoms with van der Waals surface area (Å²) in [5.41, 5.74) is 2.90. The van der Waals surface area contributed by atoms with E-state index in [1.807, 2.05) is 52.8 Å². The number of Topliss-reactive ketones (excluding diaryl/α,β-unsaturated/α-hetero) is 1. The van der Waals surface area contributed by atoms with Gasteiger partial charge in [0.25, 0.3) is 11.7 Å². The number of hydrogen-bond acceptors (Lipinski definition) is 6. The van der Waals surface area contributed by atoms with Gasteiger partial charge >= 0.3 is 0 Å². The number of amides is 1. The zero-order valence-electron chi connectivity index (χ0n) is 20.6. The smallest absolute Gasteiger partial charge is 0.295 e. The van der Waals surface area contributed by atoms with Gasteiger partial charge in [-0.1, -0.05) is 37.6 Å². The minimum atomic E-state index is -0.796. The van der Waals surface area contributed by atoms with Crippen molar-refractivity contribution in [1.29, 1.82) is 0 Å². The lowest BCUT2D eigenvalue weighted by molar-refractivity contribution is -0.140. The van der Waals surface area contributed by atoms with Crippen molar-refractivity contribution in [3.05, 3.63) is 64.2 Å². The second kappa shape index (κ2) is 10.7. The number of ketones is 1. The minimum absolute atomic E-state index is 0.0276. The normalized spacial score (nSPS) is 17.6. The van der Waals surface area contributed by atoms with Crippen LogP contribution < -0.4 is 4.74 Å². The van der Waals surface area contributed by atoms with Crippen LogP contribution in [-0.4, -0.2) is 64.5 Å². The number of ether oxygens (including phenoxy) is 1. The summed E-state index contributed by atoms with van der Waals surface area (Å²) in [5, 5.41) is 21.5. The molecule has 1 unspecified atom stereocenters. The Morgan fingerprint density at radius 3 is 2.41 bits per heavy atom. The Bertz CT molecular complexity index is 1100. The number of rotatable bonds is 9. The van der Waals surface area contributed by atoms with Crippen LogP contribution in [0, 0.1) is 13.8 Å². The number of hydrogen-bond donors (Lipinski definition) is 2. The second-order valence-electron chi connectivity index (χ2n) is 8.50. The summed E-state index contributed by atoms with van der Waals surface area (Å²) < 4.78 is 5.55. The fourth-order valence-electron chi connectivity index (χ4n) is 4.35.